The van der Waals surface area contributed by atoms with Crippen LogP contribution in [0.4, 0.5) is 0 Å². The highest BCUT2D eigenvalue weighted by atomic mass is 79.9. The lowest BCUT2D eigenvalue weighted by atomic mass is 10.2. The quantitative estimate of drug-likeness (QED) is 0.915. The van der Waals surface area contributed by atoms with Gasteiger partial charge in [0.15, 0.2) is 0 Å². The Labute approximate surface area is 101 Å². The Bertz CT molecular complexity index is 579. The number of fused-ring (bicyclic) bond motifs is 1. The van der Waals surface area contributed by atoms with Crippen molar-refractivity contribution in [3.63, 3.8) is 0 Å². The second kappa shape index (κ2) is 4.35. The van der Waals surface area contributed by atoms with Gasteiger partial charge in [0.2, 0.25) is 0 Å². The molecular weight excluding hydrogens is 270 g/mol. The van der Waals surface area contributed by atoms with Gasteiger partial charge in [-0.15, -0.1) is 0 Å². The van der Waals surface area contributed by atoms with Crippen LogP contribution in [0.5, 0.6) is 0 Å². The van der Waals surface area contributed by atoms with E-state index in [2.05, 4.69) is 26.2 Å². The van der Waals surface area contributed by atoms with Gasteiger partial charge in [0.1, 0.15) is 0 Å². The number of nitrogens with one attached hydrogen (secondary N) is 1. The molecule has 16 heavy (non-hydrogen) atoms. The Hall–Kier alpha value is -1.20. The molecule has 1 atom stereocenters. The van der Waals surface area contributed by atoms with Crippen molar-refractivity contribution in [2.45, 2.75) is 13.1 Å². The van der Waals surface area contributed by atoms with Crippen LogP contribution >= 0.6 is 15.9 Å². The molecule has 1 aromatic heterocycles. The average Bonchev–Trinajstić information content (AvgIpc) is 2.28. The summed E-state index contributed by atoms with van der Waals surface area (Å²) in [5.41, 5.74) is 0.679. The van der Waals surface area contributed by atoms with Crippen LogP contribution < -0.4 is 10.9 Å². The molecule has 1 unspecified atom stereocenters. The van der Waals surface area contributed by atoms with Gasteiger partial charge in [-0.3, -0.25) is 9.36 Å². The van der Waals surface area contributed by atoms with Crippen molar-refractivity contribution in [3.8, 4) is 0 Å². The van der Waals surface area contributed by atoms with Crippen molar-refractivity contribution >= 4 is 26.8 Å². The second-order valence-corrected chi connectivity index (χ2v) is 4.50. The van der Waals surface area contributed by atoms with Crippen LogP contribution in [0, 0.1) is 0 Å². The van der Waals surface area contributed by atoms with Gasteiger partial charge in [-0.05, 0) is 32.2 Å². The van der Waals surface area contributed by atoms with E-state index in [9.17, 15) is 4.79 Å². The summed E-state index contributed by atoms with van der Waals surface area (Å²) in [6.07, 6.45) is 1.51. The van der Waals surface area contributed by atoms with Crippen molar-refractivity contribution < 1.29 is 0 Å². The predicted molar refractivity (Wildman–Crippen MR) is 67.5 cm³/mol. The number of hydrogen-bond acceptors (Lipinski definition) is 3. The van der Waals surface area contributed by atoms with Crippen LogP contribution in [0.25, 0.3) is 10.9 Å². The maximum atomic E-state index is 12.1. The Morgan fingerprint density at radius 2 is 2.25 bits per heavy atom. The van der Waals surface area contributed by atoms with Crippen LogP contribution in [0.2, 0.25) is 0 Å². The lowest BCUT2D eigenvalue weighted by Crippen LogP contribution is -2.30. The van der Waals surface area contributed by atoms with E-state index in [1.807, 2.05) is 26.1 Å². The van der Waals surface area contributed by atoms with Crippen molar-refractivity contribution in [1.82, 2.24) is 14.9 Å². The van der Waals surface area contributed by atoms with E-state index in [4.69, 9.17) is 0 Å². The lowest BCUT2D eigenvalue weighted by molar-refractivity contribution is 0.460. The maximum absolute atomic E-state index is 12.1. The number of rotatable bonds is 2. The first-order chi connectivity index (χ1) is 7.63. The number of halogens is 1. The maximum Gasteiger partial charge on any atom is 0.262 e. The van der Waals surface area contributed by atoms with E-state index < -0.39 is 0 Å². The average molecular weight is 282 g/mol. The van der Waals surface area contributed by atoms with Gasteiger partial charge in [-0.1, -0.05) is 15.9 Å². The zero-order valence-electron chi connectivity index (χ0n) is 9.07. The minimum absolute atomic E-state index is 0.0284. The first kappa shape index (κ1) is 11.3. The number of benzene rings is 1. The van der Waals surface area contributed by atoms with E-state index in [-0.39, 0.29) is 11.7 Å². The third-order valence-corrected chi connectivity index (χ3v) is 3.07. The molecule has 2 rings (SSSR count). The second-order valence-electron chi connectivity index (χ2n) is 3.58. The highest BCUT2D eigenvalue weighted by Gasteiger charge is 2.07. The third-order valence-electron chi connectivity index (χ3n) is 2.58. The highest BCUT2D eigenvalue weighted by molar-refractivity contribution is 9.10. The minimum atomic E-state index is -0.0620. The fourth-order valence-corrected chi connectivity index (χ4v) is 1.87. The standard InChI is InChI=1S/C11H12BrN3O/c1-7(13-2)15-6-14-10-5-8(12)3-4-9(10)11(15)16/h3-7,13H,1-2H3. The summed E-state index contributed by atoms with van der Waals surface area (Å²) in [5, 5.41) is 3.64. The molecule has 5 heteroatoms. The summed E-state index contributed by atoms with van der Waals surface area (Å²) < 4.78 is 2.50. The highest BCUT2D eigenvalue weighted by Crippen LogP contribution is 2.15. The molecule has 0 saturated carbocycles. The molecule has 0 aliphatic rings. The van der Waals surface area contributed by atoms with Crippen molar-refractivity contribution in [2.75, 3.05) is 7.05 Å². The Morgan fingerprint density at radius 1 is 1.50 bits per heavy atom. The first-order valence-electron chi connectivity index (χ1n) is 4.97. The van der Waals surface area contributed by atoms with E-state index in [1.165, 1.54) is 0 Å². The van der Waals surface area contributed by atoms with Crippen LogP contribution in [0.15, 0.2) is 33.8 Å². The Kier molecular flexibility index (Phi) is 3.07. The molecule has 0 spiro atoms. The molecule has 1 heterocycles. The minimum Gasteiger partial charge on any atom is -0.300 e. The predicted octanol–water partition coefficient (Wildman–Crippen LogP) is 1.90. The topological polar surface area (TPSA) is 46.9 Å². The molecule has 0 bridgehead atoms. The SMILES string of the molecule is CNC(C)n1cnc2cc(Br)ccc2c1=O. The van der Waals surface area contributed by atoms with E-state index in [0.717, 1.165) is 4.47 Å². The number of nitrogens with zero attached hydrogens (tertiary/aromatic N) is 2. The number of hydrogen-bond donors (Lipinski definition) is 1. The smallest absolute Gasteiger partial charge is 0.262 e. The molecule has 1 aromatic carbocycles. The van der Waals surface area contributed by atoms with Gasteiger partial charge < -0.3 is 5.32 Å². The fourth-order valence-electron chi connectivity index (χ4n) is 1.52. The van der Waals surface area contributed by atoms with E-state index in [1.54, 1.807) is 17.0 Å². The molecule has 84 valence electrons. The van der Waals surface area contributed by atoms with Gasteiger partial charge >= 0.3 is 0 Å². The third kappa shape index (κ3) is 1.88. The fraction of sp³-hybridized carbons (Fsp3) is 0.273. The van der Waals surface area contributed by atoms with Gasteiger partial charge in [-0.2, -0.15) is 0 Å². The summed E-state index contributed by atoms with van der Waals surface area (Å²) in [4.78, 5) is 16.4. The lowest BCUT2D eigenvalue weighted by Gasteiger charge is -2.13. The van der Waals surface area contributed by atoms with Gasteiger partial charge in [0.25, 0.3) is 5.56 Å². The van der Waals surface area contributed by atoms with Crippen LogP contribution in [0.1, 0.15) is 13.1 Å². The molecule has 0 saturated heterocycles. The Morgan fingerprint density at radius 3 is 2.94 bits per heavy atom. The van der Waals surface area contributed by atoms with E-state index in [0.29, 0.717) is 10.9 Å². The van der Waals surface area contributed by atoms with Crippen LogP contribution in [0.3, 0.4) is 0 Å². The summed E-state index contributed by atoms with van der Waals surface area (Å²) in [7, 11) is 1.81. The normalized spacial score (nSPS) is 12.9. The molecule has 0 aliphatic heterocycles. The molecule has 4 nitrogen and oxygen atoms in total. The van der Waals surface area contributed by atoms with Gasteiger partial charge in [0.05, 0.1) is 23.4 Å². The molecule has 0 radical (unpaired) electrons. The summed E-state index contributed by atoms with van der Waals surface area (Å²) in [6.45, 7) is 1.91. The monoisotopic (exact) mass is 281 g/mol. The molecular formula is C11H12BrN3O. The molecule has 0 amide bonds. The molecule has 2 aromatic rings. The zero-order valence-corrected chi connectivity index (χ0v) is 10.7. The summed E-state index contributed by atoms with van der Waals surface area (Å²) >= 11 is 3.36. The van der Waals surface area contributed by atoms with Crippen molar-refractivity contribution in [2.24, 2.45) is 0 Å². The molecule has 0 aliphatic carbocycles. The van der Waals surface area contributed by atoms with Gasteiger partial charge in [-0.25, -0.2) is 4.98 Å². The van der Waals surface area contributed by atoms with E-state index >= 15 is 0 Å². The largest absolute Gasteiger partial charge is 0.300 e. The summed E-state index contributed by atoms with van der Waals surface area (Å²) in [5.74, 6) is 0. The zero-order chi connectivity index (χ0) is 11.7. The first-order valence-corrected chi connectivity index (χ1v) is 5.76. The number of aromatic nitrogens is 2. The molecule has 0 fully saturated rings. The van der Waals surface area contributed by atoms with Crippen molar-refractivity contribution in [3.05, 3.63) is 39.4 Å². The van der Waals surface area contributed by atoms with Crippen LogP contribution in [-0.2, 0) is 0 Å². The summed E-state index contributed by atoms with van der Waals surface area (Å²) in [6, 6.07) is 5.47. The Balaban J connectivity index is 2.71. The van der Waals surface area contributed by atoms with Crippen LogP contribution in [-0.4, -0.2) is 16.6 Å². The van der Waals surface area contributed by atoms with Gasteiger partial charge in [0, 0.05) is 4.47 Å². The van der Waals surface area contributed by atoms with Crippen molar-refractivity contribution in [1.29, 1.82) is 0 Å². The molecule has 1 N–H and O–H groups in total.